The Labute approximate surface area is 131 Å². The zero-order valence-corrected chi connectivity index (χ0v) is 11.9. The maximum Gasteiger partial charge on any atom is 0.292 e. The topological polar surface area (TPSA) is 81.5 Å². The van der Waals surface area contributed by atoms with Crippen LogP contribution in [-0.4, -0.2) is 17.9 Å². The molecule has 0 fully saturated rings. The fraction of sp³-hybridized carbons (Fsp3) is 0.0714. The Bertz CT molecular complexity index is 813. The summed E-state index contributed by atoms with van der Waals surface area (Å²) in [5.41, 5.74) is -2.53. The number of hydrogen-bond donors (Lipinski definition) is 1. The van der Waals surface area contributed by atoms with Crippen molar-refractivity contribution in [1.82, 2.24) is 0 Å². The molecule has 0 bridgehead atoms. The third-order valence-electron chi connectivity index (χ3n) is 3.00. The van der Waals surface area contributed by atoms with Gasteiger partial charge in [-0.2, -0.15) is 8.78 Å². The summed E-state index contributed by atoms with van der Waals surface area (Å²) in [6.45, 7) is 0. The summed E-state index contributed by atoms with van der Waals surface area (Å²) in [4.78, 5) is 21.9. The predicted octanol–water partition coefficient (Wildman–Crippen LogP) is 3.41. The van der Waals surface area contributed by atoms with Gasteiger partial charge in [-0.25, -0.2) is 8.78 Å². The molecule has 0 atom stereocenters. The quantitative estimate of drug-likeness (QED) is 0.399. The van der Waals surface area contributed by atoms with Crippen molar-refractivity contribution < 1.29 is 32.0 Å². The van der Waals surface area contributed by atoms with E-state index in [0.29, 0.717) is 0 Å². The number of carbonyl (C=O) groups is 1. The molecule has 2 aromatic rings. The van der Waals surface area contributed by atoms with Gasteiger partial charge in [0.2, 0.25) is 11.6 Å². The van der Waals surface area contributed by atoms with Gasteiger partial charge in [0.25, 0.3) is 11.6 Å². The first kappa shape index (κ1) is 17.2. The molecule has 126 valence electrons. The number of nitrogens with one attached hydrogen (secondary N) is 1. The lowest BCUT2D eigenvalue weighted by Gasteiger charge is -2.11. The molecule has 10 heteroatoms. The maximum absolute atomic E-state index is 13.8. The molecule has 0 aliphatic rings. The molecule has 0 aliphatic carbocycles. The number of benzene rings is 2. The van der Waals surface area contributed by atoms with Crippen molar-refractivity contribution in [2.24, 2.45) is 0 Å². The molecular weight excluding hydrogens is 336 g/mol. The molecule has 0 heterocycles. The molecule has 0 aliphatic heterocycles. The number of halogens is 4. The van der Waals surface area contributed by atoms with E-state index < -0.39 is 56.8 Å². The third kappa shape index (κ3) is 2.85. The van der Waals surface area contributed by atoms with Crippen LogP contribution in [0.15, 0.2) is 24.3 Å². The van der Waals surface area contributed by atoms with Crippen LogP contribution in [-0.2, 0) is 0 Å². The van der Waals surface area contributed by atoms with Crippen LogP contribution in [0.4, 0.5) is 28.9 Å². The summed E-state index contributed by atoms with van der Waals surface area (Å²) in [6.07, 6.45) is 0. The van der Waals surface area contributed by atoms with Gasteiger partial charge in [-0.05, 0) is 6.07 Å². The van der Waals surface area contributed by atoms with Crippen LogP contribution in [0.3, 0.4) is 0 Å². The van der Waals surface area contributed by atoms with E-state index in [1.54, 1.807) is 0 Å². The predicted molar refractivity (Wildman–Crippen MR) is 73.9 cm³/mol. The van der Waals surface area contributed by atoms with E-state index in [0.717, 1.165) is 19.2 Å². The van der Waals surface area contributed by atoms with E-state index >= 15 is 0 Å². The minimum atomic E-state index is -1.98. The van der Waals surface area contributed by atoms with Crippen LogP contribution in [0.2, 0.25) is 0 Å². The van der Waals surface area contributed by atoms with Crippen LogP contribution in [0, 0.1) is 33.4 Å². The van der Waals surface area contributed by atoms with Gasteiger partial charge in [0.1, 0.15) is 11.3 Å². The number of hydrogen-bond acceptors (Lipinski definition) is 4. The van der Waals surface area contributed by atoms with Gasteiger partial charge in [0.05, 0.1) is 12.0 Å². The van der Waals surface area contributed by atoms with Gasteiger partial charge in [-0.15, -0.1) is 0 Å². The van der Waals surface area contributed by atoms with Gasteiger partial charge in [0, 0.05) is 6.07 Å². The summed E-state index contributed by atoms with van der Waals surface area (Å²) < 4.78 is 59.1. The van der Waals surface area contributed by atoms with Crippen molar-refractivity contribution >= 4 is 17.3 Å². The molecule has 1 N–H and O–H groups in total. The van der Waals surface area contributed by atoms with E-state index in [9.17, 15) is 32.5 Å². The van der Waals surface area contributed by atoms with Crippen molar-refractivity contribution in [2.75, 3.05) is 12.4 Å². The molecule has 6 nitrogen and oxygen atoms in total. The van der Waals surface area contributed by atoms with Crippen LogP contribution in [0.5, 0.6) is 5.75 Å². The maximum atomic E-state index is 13.8. The monoisotopic (exact) mass is 344 g/mol. The van der Waals surface area contributed by atoms with Crippen molar-refractivity contribution in [3.05, 3.63) is 63.2 Å². The van der Waals surface area contributed by atoms with Gasteiger partial charge < -0.3 is 10.1 Å². The summed E-state index contributed by atoms with van der Waals surface area (Å²) >= 11 is 0. The summed E-state index contributed by atoms with van der Waals surface area (Å²) in [6, 6.07) is 4.71. The number of rotatable bonds is 4. The zero-order valence-electron chi connectivity index (χ0n) is 11.9. The standard InChI is InChI=1S/C14H8F4N2O4/c1-24-13-11(17)9(15)8(10(16)12(13)18)14(21)19-6-4-2-3-5-7(6)20(22)23/h2-5H,1H3,(H,19,21). The molecule has 0 radical (unpaired) electrons. The molecule has 2 aromatic carbocycles. The molecular formula is C14H8F4N2O4. The molecule has 1 amide bonds. The van der Waals surface area contributed by atoms with Gasteiger partial charge in [-0.1, -0.05) is 12.1 Å². The lowest BCUT2D eigenvalue weighted by atomic mass is 10.1. The van der Waals surface area contributed by atoms with Crippen LogP contribution in [0.25, 0.3) is 0 Å². The van der Waals surface area contributed by atoms with Gasteiger partial charge in [-0.3, -0.25) is 14.9 Å². The van der Waals surface area contributed by atoms with Crippen LogP contribution >= 0.6 is 0 Å². The summed E-state index contributed by atoms with van der Waals surface area (Å²) in [5, 5.41) is 12.7. The van der Waals surface area contributed by atoms with E-state index in [1.165, 1.54) is 12.1 Å². The second kappa shape index (κ2) is 6.52. The van der Waals surface area contributed by atoms with E-state index in [1.807, 2.05) is 5.32 Å². The van der Waals surface area contributed by atoms with Gasteiger partial charge >= 0.3 is 0 Å². The minimum Gasteiger partial charge on any atom is -0.491 e. The summed E-state index contributed by atoms with van der Waals surface area (Å²) in [5.74, 6) is -10.7. The molecule has 0 spiro atoms. The molecule has 24 heavy (non-hydrogen) atoms. The third-order valence-corrected chi connectivity index (χ3v) is 3.00. The Kier molecular flexibility index (Phi) is 4.67. The molecule has 0 aromatic heterocycles. The van der Waals surface area contributed by atoms with Crippen LogP contribution < -0.4 is 10.1 Å². The smallest absolute Gasteiger partial charge is 0.292 e. The first-order chi connectivity index (χ1) is 11.3. The number of nitrogens with zero attached hydrogens (tertiary/aromatic N) is 1. The lowest BCUT2D eigenvalue weighted by Crippen LogP contribution is -2.19. The number of nitro benzene ring substituents is 1. The normalized spacial score (nSPS) is 10.4. The van der Waals surface area contributed by atoms with E-state index in [-0.39, 0.29) is 0 Å². The number of carbonyl (C=O) groups excluding carboxylic acids is 1. The Morgan fingerprint density at radius 2 is 1.62 bits per heavy atom. The van der Waals surface area contributed by atoms with Crippen molar-refractivity contribution in [3.8, 4) is 5.75 Å². The number of ether oxygens (including phenoxy) is 1. The Hall–Kier alpha value is -3.17. The Morgan fingerprint density at radius 1 is 1.08 bits per heavy atom. The molecule has 0 saturated heterocycles. The van der Waals surface area contributed by atoms with E-state index in [4.69, 9.17) is 0 Å². The van der Waals surface area contributed by atoms with Crippen molar-refractivity contribution in [3.63, 3.8) is 0 Å². The Balaban J connectivity index is 2.51. The molecule has 0 unspecified atom stereocenters. The largest absolute Gasteiger partial charge is 0.491 e. The minimum absolute atomic E-state index is 0.400. The zero-order chi connectivity index (χ0) is 18.0. The first-order valence-electron chi connectivity index (χ1n) is 6.24. The highest BCUT2D eigenvalue weighted by atomic mass is 19.2. The highest BCUT2D eigenvalue weighted by Gasteiger charge is 2.31. The number of methoxy groups -OCH3 is 1. The van der Waals surface area contributed by atoms with Crippen molar-refractivity contribution in [2.45, 2.75) is 0 Å². The number of amides is 1. The molecule has 2 rings (SSSR count). The SMILES string of the molecule is COc1c(F)c(F)c(C(=O)Nc2ccccc2[N+](=O)[O-])c(F)c1F. The average Bonchev–Trinajstić information content (AvgIpc) is 2.54. The number of anilines is 1. The second-order valence-electron chi connectivity index (χ2n) is 4.39. The van der Waals surface area contributed by atoms with Crippen LogP contribution in [0.1, 0.15) is 10.4 Å². The van der Waals surface area contributed by atoms with E-state index in [2.05, 4.69) is 4.74 Å². The highest BCUT2D eigenvalue weighted by Crippen LogP contribution is 2.31. The highest BCUT2D eigenvalue weighted by molar-refractivity contribution is 6.05. The fourth-order valence-corrected chi connectivity index (χ4v) is 1.91. The number of para-hydroxylation sites is 2. The summed E-state index contributed by atoms with van der Waals surface area (Å²) in [7, 11) is 0.785. The molecule has 0 saturated carbocycles. The lowest BCUT2D eigenvalue weighted by molar-refractivity contribution is -0.383. The number of nitro groups is 1. The Morgan fingerprint density at radius 3 is 2.12 bits per heavy atom. The van der Waals surface area contributed by atoms with Gasteiger partial charge in [0.15, 0.2) is 17.4 Å². The second-order valence-corrected chi connectivity index (χ2v) is 4.39. The van der Waals surface area contributed by atoms with Crippen molar-refractivity contribution in [1.29, 1.82) is 0 Å². The average molecular weight is 344 g/mol. The fourth-order valence-electron chi connectivity index (χ4n) is 1.91. The first-order valence-corrected chi connectivity index (χ1v) is 6.24.